The van der Waals surface area contributed by atoms with Gasteiger partial charge in [-0.1, -0.05) is 18.2 Å². The smallest absolute Gasteiger partial charge is 0.252 e. The molecule has 170 valence electrons. The van der Waals surface area contributed by atoms with Crippen LogP contribution in [0.2, 0.25) is 0 Å². The fourth-order valence-electron chi connectivity index (χ4n) is 3.91. The van der Waals surface area contributed by atoms with Gasteiger partial charge in [-0.15, -0.1) is 22.7 Å². The van der Waals surface area contributed by atoms with E-state index in [1.165, 1.54) is 27.0 Å². The highest BCUT2D eigenvalue weighted by Crippen LogP contribution is 2.37. The molecule has 1 amide bonds. The molecular formula is C23H21N3O4S3. The maximum absolute atomic E-state index is 12.9. The number of aromatic nitrogens is 1. The van der Waals surface area contributed by atoms with Crippen molar-refractivity contribution >= 4 is 54.5 Å². The number of hydrogen-bond acceptors (Lipinski definition) is 7. The molecule has 2 aromatic heterocycles. The number of piperidine rings is 1. The summed E-state index contributed by atoms with van der Waals surface area (Å²) < 4.78 is 28.2. The van der Waals surface area contributed by atoms with Crippen molar-refractivity contribution in [3.05, 3.63) is 60.0 Å². The summed E-state index contributed by atoms with van der Waals surface area (Å²) in [7, 11) is -3.49. The third-order valence-corrected chi connectivity index (χ3v) is 10.0. The normalized spacial score (nSPS) is 15.6. The van der Waals surface area contributed by atoms with Crippen LogP contribution in [0.1, 0.15) is 12.8 Å². The minimum atomic E-state index is -3.49. The van der Waals surface area contributed by atoms with E-state index in [-0.39, 0.29) is 17.6 Å². The van der Waals surface area contributed by atoms with Gasteiger partial charge in [0.15, 0.2) is 0 Å². The third kappa shape index (κ3) is 4.39. The lowest BCUT2D eigenvalue weighted by Crippen LogP contribution is -2.41. The van der Waals surface area contributed by atoms with Crippen LogP contribution in [0.3, 0.4) is 0 Å². The zero-order valence-corrected chi connectivity index (χ0v) is 19.9. The predicted molar refractivity (Wildman–Crippen MR) is 131 cm³/mol. The van der Waals surface area contributed by atoms with Crippen LogP contribution in [0.5, 0.6) is 5.75 Å². The molecule has 0 bridgehead atoms. The number of nitrogens with zero attached hydrogens (tertiary/aromatic N) is 2. The summed E-state index contributed by atoms with van der Waals surface area (Å²) in [5, 5.41) is 15.7. The van der Waals surface area contributed by atoms with Gasteiger partial charge in [0.2, 0.25) is 5.91 Å². The van der Waals surface area contributed by atoms with Crippen molar-refractivity contribution in [3.8, 4) is 16.3 Å². The van der Waals surface area contributed by atoms with Gasteiger partial charge >= 0.3 is 0 Å². The Morgan fingerprint density at radius 1 is 1.09 bits per heavy atom. The Kier molecular flexibility index (Phi) is 5.92. The van der Waals surface area contributed by atoms with Crippen LogP contribution in [0, 0.1) is 5.92 Å². The number of nitrogens with one attached hydrogen (secondary N) is 1. The third-order valence-electron chi connectivity index (χ3n) is 5.70. The van der Waals surface area contributed by atoms with E-state index in [0.29, 0.717) is 46.4 Å². The number of anilines is 1. The first-order valence-electron chi connectivity index (χ1n) is 10.5. The Morgan fingerprint density at radius 3 is 2.61 bits per heavy atom. The number of benzene rings is 2. The first-order chi connectivity index (χ1) is 15.9. The van der Waals surface area contributed by atoms with E-state index in [9.17, 15) is 18.3 Å². The maximum atomic E-state index is 12.9. The Morgan fingerprint density at radius 2 is 1.88 bits per heavy atom. The summed E-state index contributed by atoms with van der Waals surface area (Å²) in [5.74, 6) is -0.331. The van der Waals surface area contributed by atoms with Crippen molar-refractivity contribution in [2.75, 3.05) is 18.4 Å². The fraction of sp³-hybridized carbons (Fsp3) is 0.217. The molecule has 2 N–H and O–H groups in total. The number of fused-ring (bicyclic) bond motifs is 1. The van der Waals surface area contributed by atoms with Crippen molar-refractivity contribution in [2.45, 2.75) is 17.1 Å². The summed E-state index contributed by atoms with van der Waals surface area (Å²) in [4.78, 5) is 17.5. The summed E-state index contributed by atoms with van der Waals surface area (Å²) in [6.45, 7) is 0.621. The minimum Gasteiger partial charge on any atom is -0.507 e. The van der Waals surface area contributed by atoms with Crippen molar-refractivity contribution in [1.82, 2.24) is 9.29 Å². The molecule has 4 aromatic rings. The van der Waals surface area contributed by atoms with Gasteiger partial charge in [0.25, 0.3) is 10.0 Å². The number of amides is 1. The van der Waals surface area contributed by atoms with Crippen LogP contribution in [-0.4, -0.2) is 41.8 Å². The highest BCUT2D eigenvalue weighted by molar-refractivity contribution is 7.91. The SMILES string of the molecule is O=C(Nc1ccc(O)c(-c2nc3ccccc3s2)c1)C1CCN(S(=O)(=O)c2cccs2)CC1. The fourth-order valence-corrected chi connectivity index (χ4v) is 7.52. The van der Waals surface area contributed by atoms with Gasteiger partial charge in [0, 0.05) is 24.7 Å². The van der Waals surface area contributed by atoms with Gasteiger partial charge in [-0.3, -0.25) is 4.79 Å². The lowest BCUT2D eigenvalue weighted by Gasteiger charge is -2.30. The molecule has 7 nitrogen and oxygen atoms in total. The number of sulfonamides is 1. The molecule has 1 aliphatic rings. The molecule has 0 saturated carbocycles. The molecule has 5 rings (SSSR count). The average Bonchev–Trinajstić information content (AvgIpc) is 3.51. The summed E-state index contributed by atoms with van der Waals surface area (Å²) in [5.41, 5.74) is 1.99. The number of phenolic OH excluding ortho intramolecular Hbond substituents is 1. The topological polar surface area (TPSA) is 99.6 Å². The first-order valence-corrected chi connectivity index (χ1v) is 13.6. The average molecular weight is 500 g/mol. The lowest BCUT2D eigenvalue weighted by atomic mass is 9.97. The van der Waals surface area contributed by atoms with Gasteiger partial charge in [-0.25, -0.2) is 13.4 Å². The number of carbonyl (C=O) groups excluding carboxylic acids is 1. The molecule has 0 unspecified atom stereocenters. The van der Waals surface area contributed by atoms with Crippen LogP contribution in [0.25, 0.3) is 20.8 Å². The van der Waals surface area contributed by atoms with Crippen LogP contribution in [-0.2, 0) is 14.8 Å². The zero-order valence-electron chi connectivity index (χ0n) is 17.5. The number of aromatic hydroxyl groups is 1. The number of carbonyl (C=O) groups is 1. The highest BCUT2D eigenvalue weighted by atomic mass is 32.2. The van der Waals surface area contributed by atoms with Gasteiger partial charge in [0.1, 0.15) is 15.0 Å². The van der Waals surface area contributed by atoms with E-state index in [2.05, 4.69) is 10.3 Å². The first kappa shape index (κ1) is 22.0. The Bertz CT molecular complexity index is 1370. The van der Waals surface area contributed by atoms with Crippen LogP contribution < -0.4 is 5.32 Å². The number of thiazole rings is 1. The molecule has 0 aliphatic carbocycles. The quantitative estimate of drug-likeness (QED) is 0.385. The van der Waals surface area contributed by atoms with Gasteiger partial charge in [-0.05, 0) is 54.6 Å². The van der Waals surface area contributed by atoms with Crippen LogP contribution in [0.4, 0.5) is 5.69 Å². The number of rotatable bonds is 5. The molecule has 33 heavy (non-hydrogen) atoms. The Balaban J connectivity index is 1.27. The number of para-hydroxylation sites is 1. The summed E-state index contributed by atoms with van der Waals surface area (Å²) >= 11 is 2.68. The molecule has 2 aromatic carbocycles. The summed E-state index contributed by atoms with van der Waals surface area (Å²) in [6.07, 6.45) is 0.915. The molecule has 1 fully saturated rings. The summed E-state index contributed by atoms with van der Waals surface area (Å²) in [6, 6.07) is 16.0. The molecule has 3 heterocycles. The number of thiophene rings is 1. The van der Waals surface area contributed by atoms with Crippen molar-refractivity contribution in [3.63, 3.8) is 0 Å². The molecule has 0 spiro atoms. The van der Waals surface area contributed by atoms with E-state index >= 15 is 0 Å². The second-order valence-electron chi connectivity index (χ2n) is 7.82. The maximum Gasteiger partial charge on any atom is 0.252 e. The van der Waals surface area contributed by atoms with Crippen LogP contribution >= 0.6 is 22.7 Å². The van der Waals surface area contributed by atoms with E-state index < -0.39 is 10.0 Å². The molecule has 0 atom stereocenters. The van der Waals surface area contributed by atoms with Crippen LogP contribution in [0.15, 0.2) is 64.2 Å². The molecule has 10 heteroatoms. The Hall–Kier alpha value is -2.79. The largest absolute Gasteiger partial charge is 0.507 e. The second kappa shape index (κ2) is 8.86. The molecule has 0 radical (unpaired) electrons. The van der Waals surface area contributed by atoms with E-state index in [1.54, 1.807) is 35.7 Å². The van der Waals surface area contributed by atoms with Gasteiger partial charge in [0.05, 0.1) is 15.8 Å². The predicted octanol–water partition coefficient (Wildman–Crippen LogP) is 4.77. The molecule has 1 aliphatic heterocycles. The number of phenols is 1. The molecule has 1 saturated heterocycles. The standard InChI is InChI=1S/C23H21N3O4S3/c27-19-8-7-16(14-17(19)23-25-18-4-1-2-5-20(18)32-23)24-22(28)15-9-11-26(12-10-15)33(29,30)21-6-3-13-31-21/h1-8,13-15,27H,9-12H2,(H,24,28). The van der Waals surface area contributed by atoms with Crippen molar-refractivity contribution < 1.29 is 18.3 Å². The highest BCUT2D eigenvalue weighted by Gasteiger charge is 2.32. The Labute approximate surface area is 199 Å². The van der Waals surface area contributed by atoms with E-state index in [1.807, 2.05) is 24.3 Å². The minimum absolute atomic E-state index is 0.0964. The molecular weight excluding hydrogens is 478 g/mol. The lowest BCUT2D eigenvalue weighted by molar-refractivity contribution is -0.120. The monoisotopic (exact) mass is 499 g/mol. The second-order valence-corrected chi connectivity index (χ2v) is 12.0. The van der Waals surface area contributed by atoms with Crippen molar-refractivity contribution in [2.24, 2.45) is 5.92 Å². The van der Waals surface area contributed by atoms with Gasteiger partial charge < -0.3 is 10.4 Å². The zero-order chi connectivity index (χ0) is 23.0. The number of hydrogen-bond donors (Lipinski definition) is 2. The van der Waals surface area contributed by atoms with Gasteiger partial charge in [-0.2, -0.15) is 4.31 Å². The van der Waals surface area contributed by atoms with E-state index in [0.717, 1.165) is 10.2 Å². The van der Waals surface area contributed by atoms with Crippen molar-refractivity contribution in [1.29, 1.82) is 0 Å². The van der Waals surface area contributed by atoms with E-state index in [4.69, 9.17) is 0 Å².